The number of rotatable bonds is 7. The fourth-order valence-corrected chi connectivity index (χ4v) is 2.89. The van der Waals surface area contributed by atoms with E-state index in [2.05, 4.69) is 20.4 Å². The summed E-state index contributed by atoms with van der Waals surface area (Å²) in [6.45, 7) is 1.53. The summed E-state index contributed by atoms with van der Waals surface area (Å²) in [6, 6.07) is 4.61. The van der Waals surface area contributed by atoms with E-state index in [0.29, 0.717) is 10.9 Å². The number of pyridine rings is 2. The highest BCUT2D eigenvalue weighted by Crippen LogP contribution is 2.24. The van der Waals surface area contributed by atoms with Crippen molar-refractivity contribution in [3.63, 3.8) is 0 Å². The standard InChI is InChI=1S/C20H19F4N7O2/c1-10(2)16(21)19(33)30-18(32)13-8-26-15(4-14(13)28-9-20(22,23)24)31-17-12(7-29-31)3-11(5-25)6-27-17/h3-4,6-8,10,16,19,33H,9H2,1-2H3,(H,26,28)(H,30,32)/t16?,19-/m1/s1. The number of nitrogens with one attached hydrogen (secondary N) is 2. The zero-order valence-corrected chi connectivity index (χ0v) is 17.4. The fourth-order valence-electron chi connectivity index (χ4n) is 2.89. The molecule has 0 saturated carbocycles. The van der Waals surface area contributed by atoms with Crippen LogP contribution in [0, 0.1) is 17.2 Å². The molecular formula is C20H19F4N7O2. The SMILES string of the molecule is CC(C)C(F)[C@@H](O)NC(=O)c1cnc(-n2ncc3cc(C#N)cnc32)cc1NCC(F)(F)F. The summed E-state index contributed by atoms with van der Waals surface area (Å²) < 4.78 is 53.6. The lowest BCUT2D eigenvalue weighted by Gasteiger charge is -2.21. The first-order chi connectivity index (χ1) is 15.5. The Kier molecular flexibility index (Phi) is 6.78. The number of aliphatic hydroxyl groups is 1. The number of hydrogen-bond donors (Lipinski definition) is 3. The lowest BCUT2D eigenvalue weighted by Crippen LogP contribution is -2.43. The van der Waals surface area contributed by atoms with Gasteiger partial charge in [0, 0.05) is 23.8 Å². The van der Waals surface area contributed by atoms with Gasteiger partial charge in [-0.3, -0.25) is 4.79 Å². The predicted molar refractivity (Wildman–Crippen MR) is 109 cm³/mol. The van der Waals surface area contributed by atoms with Crippen molar-refractivity contribution in [3.05, 3.63) is 41.9 Å². The van der Waals surface area contributed by atoms with Crippen LogP contribution in [0.2, 0.25) is 0 Å². The Hall–Kier alpha value is -3.79. The summed E-state index contributed by atoms with van der Waals surface area (Å²) in [7, 11) is 0. The van der Waals surface area contributed by atoms with Crippen LogP contribution in [0.4, 0.5) is 23.2 Å². The molecule has 3 aromatic heterocycles. The van der Waals surface area contributed by atoms with Crippen molar-refractivity contribution in [3.8, 4) is 11.9 Å². The van der Waals surface area contributed by atoms with Gasteiger partial charge in [-0.1, -0.05) is 13.8 Å². The van der Waals surface area contributed by atoms with Gasteiger partial charge in [-0.2, -0.15) is 28.2 Å². The second kappa shape index (κ2) is 9.37. The third kappa shape index (κ3) is 5.53. The molecule has 2 atom stereocenters. The number of anilines is 1. The molecule has 3 N–H and O–H groups in total. The number of fused-ring (bicyclic) bond motifs is 1. The Morgan fingerprint density at radius 3 is 2.61 bits per heavy atom. The summed E-state index contributed by atoms with van der Waals surface area (Å²) in [4.78, 5) is 20.7. The monoisotopic (exact) mass is 465 g/mol. The van der Waals surface area contributed by atoms with Gasteiger partial charge >= 0.3 is 6.18 Å². The molecule has 174 valence electrons. The molecule has 0 spiro atoms. The molecule has 1 amide bonds. The fraction of sp³-hybridized carbons (Fsp3) is 0.350. The van der Waals surface area contributed by atoms with Crippen molar-refractivity contribution < 1.29 is 27.5 Å². The Morgan fingerprint density at radius 1 is 1.24 bits per heavy atom. The number of halogens is 4. The minimum atomic E-state index is -4.59. The molecule has 33 heavy (non-hydrogen) atoms. The molecule has 1 unspecified atom stereocenters. The number of amides is 1. The van der Waals surface area contributed by atoms with Crippen LogP contribution in [-0.2, 0) is 0 Å². The first kappa shape index (κ1) is 23.9. The molecule has 0 aliphatic carbocycles. The van der Waals surface area contributed by atoms with Gasteiger partial charge in [-0.25, -0.2) is 14.4 Å². The highest BCUT2D eigenvalue weighted by atomic mass is 19.4. The van der Waals surface area contributed by atoms with Crippen LogP contribution >= 0.6 is 0 Å². The van der Waals surface area contributed by atoms with Gasteiger partial charge in [-0.05, 0) is 12.0 Å². The maximum Gasteiger partial charge on any atom is 0.405 e. The average molecular weight is 465 g/mol. The summed E-state index contributed by atoms with van der Waals surface area (Å²) in [6.07, 6.45) is -4.55. The minimum Gasteiger partial charge on any atom is -0.376 e. The van der Waals surface area contributed by atoms with Crippen LogP contribution in [0.25, 0.3) is 16.9 Å². The molecule has 0 saturated heterocycles. The van der Waals surface area contributed by atoms with Crippen molar-refractivity contribution >= 4 is 22.6 Å². The highest BCUT2D eigenvalue weighted by molar-refractivity contribution is 5.99. The number of hydrogen-bond acceptors (Lipinski definition) is 7. The molecule has 3 aromatic rings. The predicted octanol–water partition coefficient (Wildman–Crippen LogP) is 2.70. The van der Waals surface area contributed by atoms with E-state index >= 15 is 0 Å². The molecule has 3 heterocycles. The maximum absolute atomic E-state index is 14.0. The smallest absolute Gasteiger partial charge is 0.376 e. The minimum absolute atomic E-state index is 0.0366. The topological polar surface area (TPSA) is 129 Å². The number of nitrogens with zero attached hydrogens (tertiary/aromatic N) is 5. The summed E-state index contributed by atoms with van der Waals surface area (Å²) in [5.74, 6) is -1.59. The van der Waals surface area contributed by atoms with Crippen LogP contribution in [0.3, 0.4) is 0 Å². The molecule has 0 aliphatic heterocycles. The first-order valence-corrected chi connectivity index (χ1v) is 9.68. The van der Waals surface area contributed by atoms with Gasteiger partial charge in [0.2, 0.25) is 0 Å². The van der Waals surface area contributed by atoms with Crippen LogP contribution in [-0.4, -0.2) is 55.9 Å². The lowest BCUT2D eigenvalue weighted by molar-refractivity contribution is -0.115. The highest BCUT2D eigenvalue weighted by Gasteiger charge is 2.29. The van der Waals surface area contributed by atoms with Crippen LogP contribution < -0.4 is 10.6 Å². The van der Waals surface area contributed by atoms with E-state index in [1.54, 1.807) is 0 Å². The molecule has 9 nitrogen and oxygen atoms in total. The summed E-state index contributed by atoms with van der Waals surface area (Å²) >= 11 is 0. The first-order valence-electron chi connectivity index (χ1n) is 9.68. The lowest BCUT2D eigenvalue weighted by atomic mass is 10.1. The Morgan fingerprint density at radius 2 is 1.97 bits per heavy atom. The zero-order valence-electron chi connectivity index (χ0n) is 17.4. The van der Waals surface area contributed by atoms with Crippen molar-refractivity contribution in [2.75, 3.05) is 11.9 Å². The van der Waals surface area contributed by atoms with Crippen LogP contribution in [0.15, 0.2) is 30.7 Å². The largest absolute Gasteiger partial charge is 0.405 e. The van der Waals surface area contributed by atoms with E-state index in [1.165, 1.54) is 37.0 Å². The number of aromatic nitrogens is 4. The van der Waals surface area contributed by atoms with Gasteiger partial charge in [0.15, 0.2) is 17.7 Å². The molecule has 3 rings (SSSR count). The molecule has 0 aliphatic rings. The summed E-state index contributed by atoms with van der Waals surface area (Å²) in [5, 5.41) is 27.6. The van der Waals surface area contributed by atoms with E-state index in [1.807, 2.05) is 11.4 Å². The van der Waals surface area contributed by atoms with Gasteiger partial charge in [0.05, 0.1) is 23.0 Å². The Balaban J connectivity index is 1.98. The van der Waals surface area contributed by atoms with E-state index in [9.17, 15) is 27.5 Å². The number of carbonyl (C=O) groups is 1. The van der Waals surface area contributed by atoms with Crippen molar-refractivity contribution in [1.29, 1.82) is 5.26 Å². The van der Waals surface area contributed by atoms with E-state index in [-0.39, 0.29) is 22.7 Å². The quantitative estimate of drug-likeness (QED) is 0.361. The molecule has 0 fully saturated rings. The second-order valence-corrected chi connectivity index (χ2v) is 7.47. The second-order valence-electron chi connectivity index (χ2n) is 7.47. The Bertz CT molecular complexity index is 1200. The van der Waals surface area contributed by atoms with Crippen molar-refractivity contribution in [1.82, 2.24) is 25.1 Å². The molecule has 13 heteroatoms. The number of aliphatic hydroxyl groups excluding tert-OH is 1. The molecular weight excluding hydrogens is 446 g/mol. The van der Waals surface area contributed by atoms with E-state index in [4.69, 9.17) is 5.26 Å². The third-order valence-electron chi connectivity index (χ3n) is 4.59. The zero-order chi connectivity index (χ0) is 24.3. The van der Waals surface area contributed by atoms with Crippen LogP contribution in [0.1, 0.15) is 29.8 Å². The van der Waals surface area contributed by atoms with Gasteiger partial charge < -0.3 is 15.7 Å². The van der Waals surface area contributed by atoms with Crippen LogP contribution in [0.5, 0.6) is 0 Å². The Labute approximate surface area is 185 Å². The van der Waals surface area contributed by atoms with Gasteiger partial charge in [0.1, 0.15) is 18.8 Å². The molecule has 0 bridgehead atoms. The maximum atomic E-state index is 14.0. The van der Waals surface area contributed by atoms with E-state index < -0.39 is 36.9 Å². The van der Waals surface area contributed by atoms with Gasteiger partial charge in [-0.15, -0.1) is 0 Å². The summed E-state index contributed by atoms with van der Waals surface area (Å²) in [5.41, 5.74) is -0.0257. The van der Waals surface area contributed by atoms with Gasteiger partial charge in [0.25, 0.3) is 5.91 Å². The third-order valence-corrected chi connectivity index (χ3v) is 4.59. The van der Waals surface area contributed by atoms with E-state index in [0.717, 1.165) is 12.3 Å². The number of alkyl halides is 4. The van der Waals surface area contributed by atoms with Crippen molar-refractivity contribution in [2.45, 2.75) is 32.4 Å². The molecule has 0 radical (unpaired) electrons. The average Bonchev–Trinajstić information content (AvgIpc) is 3.19. The molecule has 0 aromatic carbocycles. The number of carbonyl (C=O) groups excluding carboxylic acids is 1. The number of nitriles is 1. The normalized spacial score (nSPS) is 13.5. The van der Waals surface area contributed by atoms with Crippen molar-refractivity contribution in [2.24, 2.45) is 5.92 Å².